The van der Waals surface area contributed by atoms with Gasteiger partial charge in [-0.3, -0.25) is 14.6 Å². The van der Waals surface area contributed by atoms with Crippen LogP contribution in [0.2, 0.25) is 0 Å². The van der Waals surface area contributed by atoms with E-state index in [0.29, 0.717) is 30.0 Å². The number of pyridine rings is 1. The molecule has 0 fully saturated rings. The van der Waals surface area contributed by atoms with E-state index in [9.17, 15) is 14.0 Å². The maximum atomic E-state index is 12.9. The zero-order chi connectivity index (χ0) is 20.6. The van der Waals surface area contributed by atoms with Crippen LogP contribution in [0.4, 0.5) is 10.1 Å². The molecule has 2 amide bonds. The smallest absolute Gasteiger partial charge is 0.269 e. The highest BCUT2D eigenvalue weighted by Crippen LogP contribution is 2.17. The molecule has 3 rings (SSSR count). The maximum absolute atomic E-state index is 12.9. The molecule has 0 atom stereocenters. The summed E-state index contributed by atoms with van der Waals surface area (Å²) in [6.07, 6.45) is 1.97. The van der Waals surface area contributed by atoms with Crippen LogP contribution in [0.15, 0.2) is 66.9 Å². The molecule has 3 aromatic rings. The monoisotopic (exact) mass is 393 g/mol. The van der Waals surface area contributed by atoms with E-state index in [2.05, 4.69) is 15.6 Å². The molecule has 0 saturated carbocycles. The molecule has 29 heavy (non-hydrogen) atoms. The number of nitrogens with zero attached hydrogens (tertiary/aromatic N) is 1. The number of carbonyl (C=O) groups excluding carboxylic acids is 2. The molecule has 7 heteroatoms. The van der Waals surface area contributed by atoms with Crippen molar-refractivity contribution in [1.29, 1.82) is 0 Å². The molecule has 0 aliphatic carbocycles. The lowest BCUT2D eigenvalue weighted by atomic mass is 10.1. The summed E-state index contributed by atoms with van der Waals surface area (Å²) in [7, 11) is 1.55. The first-order valence-corrected chi connectivity index (χ1v) is 8.99. The number of amides is 2. The fourth-order valence-corrected chi connectivity index (χ4v) is 2.66. The highest BCUT2D eigenvalue weighted by Gasteiger charge is 2.12. The number of ether oxygens (including phenoxy) is 1. The fraction of sp³-hybridized carbons (Fsp3) is 0.136. The minimum Gasteiger partial charge on any atom is -0.497 e. The van der Waals surface area contributed by atoms with Crippen LogP contribution in [0.3, 0.4) is 0 Å². The van der Waals surface area contributed by atoms with Gasteiger partial charge in [-0.05, 0) is 48.4 Å². The van der Waals surface area contributed by atoms with Crippen LogP contribution >= 0.6 is 0 Å². The zero-order valence-corrected chi connectivity index (χ0v) is 15.8. The van der Waals surface area contributed by atoms with E-state index in [1.165, 1.54) is 30.5 Å². The molecule has 0 saturated heterocycles. The Hall–Kier alpha value is -3.74. The van der Waals surface area contributed by atoms with E-state index >= 15 is 0 Å². The van der Waals surface area contributed by atoms with Crippen LogP contribution in [0.25, 0.3) is 0 Å². The molecule has 0 unspecified atom stereocenters. The van der Waals surface area contributed by atoms with Crippen molar-refractivity contribution in [2.24, 2.45) is 0 Å². The van der Waals surface area contributed by atoms with Crippen LogP contribution < -0.4 is 15.4 Å². The first-order valence-electron chi connectivity index (χ1n) is 8.99. The summed E-state index contributed by atoms with van der Waals surface area (Å²) < 4.78 is 18.1. The van der Waals surface area contributed by atoms with Gasteiger partial charge in [-0.1, -0.05) is 18.2 Å². The SMILES string of the molecule is COc1cccc(NC(=O)c2ccnc(C(=O)NCCc3ccc(F)cc3)c2)c1. The lowest BCUT2D eigenvalue weighted by Gasteiger charge is -2.08. The van der Waals surface area contributed by atoms with Crippen LogP contribution in [-0.2, 0) is 6.42 Å². The zero-order valence-electron chi connectivity index (χ0n) is 15.8. The lowest BCUT2D eigenvalue weighted by molar-refractivity contribution is 0.0949. The van der Waals surface area contributed by atoms with Crippen molar-refractivity contribution in [3.05, 3.63) is 89.5 Å². The third kappa shape index (κ3) is 5.62. The third-order valence-corrected chi connectivity index (χ3v) is 4.19. The molecule has 0 spiro atoms. The Labute approximate surface area is 167 Å². The number of benzene rings is 2. The van der Waals surface area contributed by atoms with Crippen LogP contribution in [-0.4, -0.2) is 30.5 Å². The molecule has 2 aromatic carbocycles. The Kier molecular flexibility index (Phi) is 6.52. The number of halogens is 1. The lowest BCUT2D eigenvalue weighted by Crippen LogP contribution is -2.27. The summed E-state index contributed by atoms with van der Waals surface area (Å²) in [6, 6.07) is 16.0. The average molecular weight is 393 g/mol. The third-order valence-electron chi connectivity index (χ3n) is 4.19. The number of hydrogen-bond donors (Lipinski definition) is 2. The highest BCUT2D eigenvalue weighted by molar-refractivity contribution is 6.05. The van der Waals surface area contributed by atoms with Crippen LogP contribution in [0.1, 0.15) is 26.4 Å². The number of aromatic nitrogens is 1. The Morgan fingerprint density at radius 1 is 1.03 bits per heavy atom. The van der Waals surface area contributed by atoms with Crippen molar-refractivity contribution in [2.45, 2.75) is 6.42 Å². The number of nitrogens with one attached hydrogen (secondary N) is 2. The van der Waals surface area contributed by atoms with E-state index < -0.39 is 0 Å². The van der Waals surface area contributed by atoms with Gasteiger partial charge in [-0.2, -0.15) is 0 Å². The summed E-state index contributed by atoms with van der Waals surface area (Å²) in [5, 5.41) is 5.51. The van der Waals surface area contributed by atoms with Crippen LogP contribution in [0, 0.1) is 5.82 Å². The van der Waals surface area contributed by atoms with Crippen molar-refractivity contribution >= 4 is 17.5 Å². The van der Waals surface area contributed by atoms with Crippen molar-refractivity contribution in [3.8, 4) is 5.75 Å². The molecule has 1 heterocycles. The van der Waals surface area contributed by atoms with E-state index in [0.717, 1.165) is 5.56 Å². The normalized spacial score (nSPS) is 10.3. The van der Waals surface area contributed by atoms with Crippen LogP contribution in [0.5, 0.6) is 5.75 Å². The molecule has 2 N–H and O–H groups in total. The van der Waals surface area contributed by atoms with Gasteiger partial charge in [0.2, 0.25) is 0 Å². The molecule has 0 aliphatic rings. The van der Waals surface area contributed by atoms with Gasteiger partial charge in [0.05, 0.1) is 7.11 Å². The summed E-state index contributed by atoms with van der Waals surface area (Å²) in [5.74, 6) is -0.422. The second kappa shape index (κ2) is 9.45. The quantitative estimate of drug-likeness (QED) is 0.644. The van der Waals surface area contributed by atoms with E-state index in [1.54, 1.807) is 43.5 Å². The topological polar surface area (TPSA) is 80.3 Å². The highest BCUT2D eigenvalue weighted by atomic mass is 19.1. The van der Waals surface area contributed by atoms with Crippen molar-refractivity contribution in [2.75, 3.05) is 19.0 Å². The number of anilines is 1. The Balaban J connectivity index is 1.59. The molecule has 0 aliphatic heterocycles. The second-order valence-electron chi connectivity index (χ2n) is 6.25. The molecular formula is C22H20FN3O3. The summed E-state index contributed by atoms with van der Waals surface area (Å²) in [6.45, 7) is 0.367. The summed E-state index contributed by atoms with van der Waals surface area (Å²) >= 11 is 0. The van der Waals surface area contributed by atoms with Crippen molar-refractivity contribution < 1.29 is 18.7 Å². The summed E-state index contributed by atoms with van der Waals surface area (Å²) in [5.41, 5.74) is 1.94. The van der Waals surface area contributed by atoms with Gasteiger partial charge in [0, 0.05) is 30.1 Å². The predicted octanol–water partition coefficient (Wildman–Crippen LogP) is 3.45. The Morgan fingerprint density at radius 2 is 1.83 bits per heavy atom. The Bertz CT molecular complexity index is 1010. The van der Waals surface area contributed by atoms with Gasteiger partial charge in [-0.15, -0.1) is 0 Å². The molecule has 0 radical (unpaired) electrons. The molecule has 1 aromatic heterocycles. The molecule has 0 bridgehead atoms. The summed E-state index contributed by atoms with van der Waals surface area (Å²) in [4.78, 5) is 28.8. The van der Waals surface area contributed by atoms with Gasteiger partial charge in [0.15, 0.2) is 0 Å². The largest absolute Gasteiger partial charge is 0.497 e. The van der Waals surface area contributed by atoms with Gasteiger partial charge in [0.1, 0.15) is 17.3 Å². The standard InChI is InChI=1S/C22H20FN3O3/c1-29-19-4-2-3-18(14-19)26-21(27)16-10-12-24-20(13-16)22(28)25-11-9-15-5-7-17(23)8-6-15/h2-8,10,12-14H,9,11H2,1H3,(H,25,28)(H,26,27). The first kappa shape index (κ1) is 20.0. The van der Waals surface area contributed by atoms with Crippen molar-refractivity contribution in [3.63, 3.8) is 0 Å². The maximum Gasteiger partial charge on any atom is 0.269 e. The molecular weight excluding hydrogens is 373 g/mol. The van der Waals surface area contributed by atoms with E-state index in [-0.39, 0.29) is 23.3 Å². The van der Waals surface area contributed by atoms with E-state index in [1.807, 2.05) is 0 Å². The van der Waals surface area contributed by atoms with Crippen molar-refractivity contribution in [1.82, 2.24) is 10.3 Å². The number of rotatable bonds is 7. The molecule has 148 valence electrons. The minimum absolute atomic E-state index is 0.141. The minimum atomic E-state index is -0.386. The predicted molar refractivity (Wildman–Crippen MR) is 108 cm³/mol. The molecule has 6 nitrogen and oxygen atoms in total. The van der Waals surface area contributed by atoms with Gasteiger partial charge in [-0.25, -0.2) is 4.39 Å². The van der Waals surface area contributed by atoms with E-state index in [4.69, 9.17) is 4.74 Å². The second-order valence-corrected chi connectivity index (χ2v) is 6.25. The number of hydrogen-bond acceptors (Lipinski definition) is 4. The van der Waals surface area contributed by atoms with Gasteiger partial charge >= 0.3 is 0 Å². The average Bonchev–Trinajstić information content (AvgIpc) is 2.75. The first-order chi connectivity index (χ1) is 14.0. The van der Waals surface area contributed by atoms with Gasteiger partial charge in [0.25, 0.3) is 11.8 Å². The number of carbonyl (C=O) groups is 2. The number of methoxy groups -OCH3 is 1. The van der Waals surface area contributed by atoms with Gasteiger partial charge < -0.3 is 15.4 Å². The Morgan fingerprint density at radius 3 is 2.59 bits per heavy atom. The fourth-order valence-electron chi connectivity index (χ4n) is 2.66.